The van der Waals surface area contributed by atoms with Gasteiger partial charge in [-0.05, 0) is 24.1 Å². The van der Waals surface area contributed by atoms with Gasteiger partial charge in [-0.3, -0.25) is 9.59 Å². The van der Waals surface area contributed by atoms with Gasteiger partial charge in [-0.2, -0.15) is 0 Å². The monoisotopic (exact) mass is 312 g/mol. The van der Waals surface area contributed by atoms with Crippen molar-refractivity contribution in [1.29, 1.82) is 0 Å². The summed E-state index contributed by atoms with van der Waals surface area (Å²) in [6.07, 6.45) is -0.711. The number of ether oxygens (including phenoxy) is 2. The fourth-order valence-electron chi connectivity index (χ4n) is 2.15. The molecule has 120 valence electrons. The summed E-state index contributed by atoms with van der Waals surface area (Å²) in [5.41, 5.74) is 0.717. The first kappa shape index (κ1) is 16.9. The number of hydrogen-bond donors (Lipinski definition) is 0. The van der Waals surface area contributed by atoms with E-state index in [2.05, 4.69) is 0 Å². The highest BCUT2D eigenvalue weighted by atomic mass is 16.5. The summed E-state index contributed by atoms with van der Waals surface area (Å²) in [6.45, 7) is 2.40. The van der Waals surface area contributed by atoms with Crippen molar-refractivity contribution in [3.63, 3.8) is 0 Å². The van der Waals surface area contributed by atoms with Gasteiger partial charge in [0.1, 0.15) is 11.9 Å². The molecule has 0 saturated heterocycles. The first-order valence-electron chi connectivity index (χ1n) is 7.63. The Hall–Kier alpha value is -2.46. The topological polar surface area (TPSA) is 52.6 Å². The molecule has 2 atom stereocenters. The minimum Gasteiger partial charge on any atom is -0.475 e. The third-order valence-electron chi connectivity index (χ3n) is 3.26. The molecule has 0 heterocycles. The molecule has 2 aromatic rings. The van der Waals surface area contributed by atoms with E-state index in [1.54, 1.807) is 24.3 Å². The van der Waals surface area contributed by atoms with Crippen molar-refractivity contribution >= 4 is 12.1 Å². The van der Waals surface area contributed by atoms with Crippen LogP contribution in [-0.2, 0) is 14.3 Å². The second-order valence-electron chi connectivity index (χ2n) is 5.05. The van der Waals surface area contributed by atoms with E-state index in [-0.39, 0.29) is 0 Å². The van der Waals surface area contributed by atoms with Crippen LogP contribution in [0.4, 0.5) is 0 Å². The zero-order valence-corrected chi connectivity index (χ0v) is 13.1. The summed E-state index contributed by atoms with van der Waals surface area (Å²) in [7, 11) is 0. The molecule has 23 heavy (non-hydrogen) atoms. The van der Waals surface area contributed by atoms with Crippen molar-refractivity contribution < 1.29 is 19.1 Å². The lowest BCUT2D eigenvalue weighted by atomic mass is 10.0. The van der Waals surface area contributed by atoms with Gasteiger partial charge in [-0.1, -0.05) is 55.5 Å². The van der Waals surface area contributed by atoms with Gasteiger partial charge in [-0.15, -0.1) is 0 Å². The molecule has 0 amide bonds. The van der Waals surface area contributed by atoms with E-state index in [4.69, 9.17) is 9.47 Å². The molecule has 0 aliphatic heterocycles. The number of Topliss-reactive ketones (excluding diaryl/α,β-unsaturated/α-hetero) is 1. The smallest absolute Gasteiger partial charge is 0.214 e. The lowest BCUT2D eigenvalue weighted by molar-refractivity contribution is -0.141. The number of rotatable bonds is 9. The van der Waals surface area contributed by atoms with Crippen LogP contribution in [0.2, 0.25) is 0 Å². The van der Waals surface area contributed by atoms with Crippen molar-refractivity contribution in [2.75, 3.05) is 6.61 Å². The maximum absolute atomic E-state index is 12.7. The molecule has 0 aliphatic rings. The van der Waals surface area contributed by atoms with Gasteiger partial charge in [0.15, 0.2) is 6.29 Å². The summed E-state index contributed by atoms with van der Waals surface area (Å²) < 4.78 is 11.2. The summed E-state index contributed by atoms with van der Waals surface area (Å²) in [6, 6.07) is 17.9. The van der Waals surface area contributed by atoms with Crippen LogP contribution in [0.5, 0.6) is 5.75 Å². The Morgan fingerprint density at radius 1 is 1.04 bits per heavy atom. The van der Waals surface area contributed by atoms with Crippen molar-refractivity contribution in [3.8, 4) is 5.75 Å². The molecule has 0 bridgehead atoms. The molecule has 2 aromatic carbocycles. The maximum atomic E-state index is 12.7. The molecule has 2 unspecified atom stereocenters. The molecule has 2 rings (SSSR count). The zero-order chi connectivity index (χ0) is 16.5. The predicted octanol–water partition coefficient (Wildman–Crippen LogP) is 3.37. The predicted molar refractivity (Wildman–Crippen MR) is 87.4 cm³/mol. The molecule has 0 aliphatic carbocycles. The third kappa shape index (κ3) is 4.76. The highest BCUT2D eigenvalue weighted by molar-refractivity contribution is 5.99. The van der Waals surface area contributed by atoms with Crippen LogP contribution in [0.15, 0.2) is 60.7 Å². The van der Waals surface area contributed by atoms with E-state index >= 15 is 0 Å². The van der Waals surface area contributed by atoms with E-state index < -0.39 is 18.0 Å². The van der Waals surface area contributed by atoms with Gasteiger partial charge < -0.3 is 9.47 Å². The number of ketones is 1. The number of carbonyl (C=O) groups excluding carboxylic acids is 2. The fraction of sp³-hybridized carbons (Fsp3) is 0.263. The molecule has 4 nitrogen and oxygen atoms in total. The molecule has 0 fully saturated rings. The van der Waals surface area contributed by atoms with Crippen LogP contribution in [0.3, 0.4) is 0 Å². The molecular weight excluding hydrogens is 292 g/mol. The Morgan fingerprint density at radius 3 is 2.22 bits per heavy atom. The average molecular weight is 312 g/mol. The van der Waals surface area contributed by atoms with Gasteiger partial charge in [0.2, 0.25) is 11.9 Å². The Balaban J connectivity index is 2.18. The third-order valence-corrected chi connectivity index (χ3v) is 3.26. The lowest BCUT2D eigenvalue weighted by Gasteiger charge is -2.21. The second kappa shape index (κ2) is 8.86. The zero-order valence-electron chi connectivity index (χ0n) is 13.1. The van der Waals surface area contributed by atoms with Gasteiger partial charge in [0.05, 0.1) is 0 Å². The van der Waals surface area contributed by atoms with E-state index in [0.717, 1.165) is 12.0 Å². The highest BCUT2D eigenvalue weighted by Crippen LogP contribution is 2.22. The first-order valence-corrected chi connectivity index (χ1v) is 7.63. The van der Waals surface area contributed by atoms with Crippen molar-refractivity contribution in [1.82, 2.24) is 0 Å². The average Bonchev–Trinajstić information content (AvgIpc) is 2.61. The Kier molecular flexibility index (Phi) is 6.51. The normalized spacial score (nSPS) is 13.1. The van der Waals surface area contributed by atoms with E-state index in [9.17, 15) is 9.59 Å². The minimum absolute atomic E-state index is 0.400. The van der Waals surface area contributed by atoms with E-state index in [1.165, 1.54) is 0 Å². The molecular formula is C19H20O4. The minimum atomic E-state index is -1.19. The summed E-state index contributed by atoms with van der Waals surface area (Å²) in [4.78, 5) is 24.1. The molecule has 0 radical (unpaired) electrons. The Morgan fingerprint density at radius 2 is 1.65 bits per heavy atom. The largest absolute Gasteiger partial charge is 0.475 e. The molecule has 0 aromatic heterocycles. The van der Waals surface area contributed by atoms with Crippen LogP contribution in [0.25, 0.3) is 0 Å². The molecule has 0 N–H and O–H groups in total. The van der Waals surface area contributed by atoms with Gasteiger partial charge >= 0.3 is 0 Å². The summed E-state index contributed by atoms with van der Waals surface area (Å²) in [5, 5.41) is 0. The van der Waals surface area contributed by atoms with Gasteiger partial charge in [0.25, 0.3) is 0 Å². The second-order valence-corrected chi connectivity index (χ2v) is 5.05. The lowest BCUT2D eigenvalue weighted by Crippen LogP contribution is -2.34. The molecule has 0 spiro atoms. The molecule has 0 saturated carbocycles. The summed E-state index contributed by atoms with van der Waals surface area (Å²) in [5.74, 6) is 0.0729. The van der Waals surface area contributed by atoms with Crippen LogP contribution in [0.1, 0.15) is 25.0 Å². The van der Waals surface area contributed by atoms with Crippen molar-refractivity contribution in [2.45, 2.75) is 25.6 Å². The van der Waals surface area contributed by atoms with Gasteiger partial charge in [-0.25, -0.2) is 0 Å². The number of benzene rings is 2. The van der Waals surface area contributed by atoms with E-state index in [0.29, 0.717) is 18.6 Å². The number of aldehydes is 1. The Bertz CT molecular complexity index is 610. The van der Waals surface area contributed by atoms with Crippen LogP contribution in [-0.4, -0.2) is 24.8 Å². The quantitative estimate of drug-likeness (QED) is 0.526. The van der Waals surface area contributed by atoms with E-state index in [1.807, 2.05) is 43.3 Å². The van der Waals surface area contributed by atoms with Crippen LogP contribution in [0, 0.1) is 0 Å². The van der Waals surface area contributed by atoms with Crippen molar-refractivity contribution in [3.05, 3.63) is 66.2 Å². The number of hydrogen-bond acceptors (Lipinski definition) is 4. The summed E-state index contributed by atoms with van der Waals surface area (Å²) >= 11 is 0. The van der Waals surface area contributed by atoms with Crippen molar-refractivity contribution in [2.24, 2.45) is 0 Å². The van der Waals surface area contributed by atoms with Gasteiger partial charge in [0, 0.05) is 6.61 Å². The maximum Gasteiger partial charge on any atom is 0.214 e. The van der Waals surface area contributed by atoms with Crippen LogP contribution >= 0.6 is 0 Å². The SMILES string of the molecule is CCCOC(C(=O)C(C=O)Oc1ccccc1)c1ccccc1. The molecule has 4 heteroatoms. The van der Waals surface area contributed by atoms with Crippen LogP contribution < -0.4 is 4.74 Å². The number of carbonyl (C=O) groups is 2. The highest BCUT2D eigenvalue weighted by Gasteiger charge is 2.30. The Labute approximate surface area is 136 Å². The first-order chi connectivity index (χ1) is 11.3. The number of para-hydroxylation sites is 1. The fourth-order valence-corrected chi connectivity index (χ4v) is 2.15. The standard InChI is InChI=1S/C19H20O4/c1-2-13-22-19(15-9-5-3-6-10-15)18(21)17(14-20)23-16-11-7-4-8-12-16/h3-12,14,17,19H,2,13H2,1H3.